The van der Waals surface area contributed by atoms with Gasteiger partial charge in [0.1, 0.15) is 11.2 Å². The van der Waals surface area contributed by atoms with Crippen molar-refractivity contribution in [3.8, 4) is 33.6 Å². The van der Waals surface area contributed by atoms with Crippen LogP contribution < -0.4 is 0 Å². The van der Waals surface area contributed by atoms with E-state index in [2.05, 4.69) is 40.3 Å². The molecule has 0 bridgehead atoms. The average Bonchev–Trinajstić information content (AvgIpc) is 3.65. The molecular weight excluding hydrogens is 685 g/mol. The van der Waals surface area contributed by atoms with Gasteiger partial charge in [-0.15, -0.1) is 48.0 Å². The number of rotatable bonds is 3. The fourth-order valence-electron chi connectivity index (χ4n) is 4.81. The number of hydrogen-bond acceptors (Lipinski definition) is 4. The third-order valence-corrected chi connectivity index (χ3v) is 6.73. The van der Waals surface area contributed by atoms with Crippen LogP contribution in [0.4, 0.5) is 0 Å². The van der Waals surface area contributed by atoms with Gasteiger partial charge in [-0.05, 0) is 65.4 Å². The van der Waals surface area contributed by atoms with Crippen LogP contribution in [0.3, 0.4) is 0 Å². The van der Waals surface area contributed by atoms with Gasteiger partial charge in [0, 0.05) is 40.7 Å². The molecule has 0 saturated heterocycles. The van der Waals surface area contributed by atoms with Crippen LogP contribution in [-0.4, -0.2) is 9.97 Å². The summed E-state index contributed by atoms with van der Waals surface area (Å²) < 4.78 is 57.9. The van der Waals surface area contributed by atoms with E-state index in [0.717, 1.165) is 28.2 Å². The van der Waals surface area contributed by atoms with Gasteiger partial charge < -0.3 is 18.8 Å². The summed E-state index contributed by atoms with van der Waals surface area (Å²) >= 11 is 0. The Morgan fingerprint density at radius 2 is 1.51 bits per heavy atom. The number of hydrogen-bond donors (Lipinski definition) is 0. The van der Waals surface area contributed by atoms with Gasteiger partial charge in [0.25, 0.3) is 0 Å². The second-order valence-corrected chi connectivity index (χ2v) is 9.25. The molecule has 4 aromatic carbocycles. The van der Waals surface area contributed by atoms with Gasteiger partial charge in [0.2, 0.25) is 0 Å². The number of pyridine rings is 2. The summed E-state index contributed by atoms with van der Waals surface area (Å²) in [4.78, 5) is 8.62. The number of furan rings is 2. The first-order valence-corrected chi connectivity index (χ1v) is 12.7. The fourth-order valence-corrected chi connectivity index (χ4v) is 4.81. The molecule has 0 saturated carbocycles. The molecule has 0 amide bonds. The Morgan fingerprint density at radius 1 is 0.683 bits per heavy atom. The van der Waals surface area contributed by atoms with Crippen molar-refractivity contribution < 1.29 is 37.2 Å². The topological polar surface area (TPSA) is 52.1 Å². The molecule has 8 aromatic rings. The molecule has 0 N–H and O–H groups in total. The summed E-state index contributed by atoms with van der Waals surface area (Å²) in [5, 5.41) is 1.62. The first kappa shape index (κ1) is 20.3. The Bertz CT molecular complexity index is 2240. The Hall–Kier alpha value is -4.57. The van der Waals surface area contributed by atoms with Gasteiger partial charge >= 0.3 is 0 Å². The molecule has 0 spiro atoms. The summed E-state index contributed by atoms with van der Waals surface area (Å²) in [5.41, 5.74) is 6.95. The fraction of sp³-hybridized carbons (Fsp3) is 0.0556. The minimum Gasteiger partial charge on any atom is -0.500 e. The van der Waals surface area contributed by atoms with E-state index < -0.39 is 13.7 Å². The Labute approximate surface area is 259 Å². The maximum absolute atomic E-state index is 7.75. The van der Waals surface area contributed by atoms with E-state index in [1.807, 2.05) is 72.9 Å². The molecule has 0 aliphatic rings. The monoisotopic (exact) mass is 715 g/mol. The molecule has 4 nitrogen and oxygen atoms in total. The third-order valence-electron chi connectivity index (χ3n) is 6.73. The summed E-state index contributed by atoms with van der Waals surface area (Å²) in [6.45, 7) is -5.18. The van der Waals surface area contributed by atoms with Crippen molar-refractivity contribution in [2.24, 2.45) is 0 Å². The Balaban J connectivity index is 0.000000176. The normalized spacial score (nSPS) is 13.8. The van der Waals surface area contributed by atoms with E-state index >= 15 is 0 Å². The molecule has 0 aliphatic carbocycles. The number of nitrogens with zero attached hydrogens (tertiary/aromatic N) is 2. The van der Waals surface area contributed by atoms with Gasteiger partial charge in [0.05, 0.1) is 16.6 Å². The van der Waals surface area contributed by atoms with E-state index in [4.69, 9.17) is 17.1 Å². The van der Waals surface area contributed by atoms with Crippen LogP contribution in [-0.2, 0) is 20.1 Å². The molecular formula is C36H24IrN2O2-2. The quantitative estimate of drug-likeness (QED) is 0.171. The standard InChI is InChI=1S/C19H12NO2.C17H12N.Ir/c1-10-8-13(20-9-11(10)2)12-6-7-16-18-17-14(21-16)4-3-5-15(17)22-19(12)18;1-3-7-14(8-4-1)16-11-12-18-17(13-16)15-9-5-2-6-10-15;/h3-5,7-9H,1-2H3;1-9,11-13H;/q2*-1;/i1D3,2D3;;. The predicted molar refractivity (Wildman–Crippen MR) is 160 cm³/mol. The van der Waals surface area contributed by atoms with E-state index in [1.54, 1.807) is 6.07 Å². The molecule has 0 fully saturated rings. The van der Waals surface area contributed by atoms with Crippen LogP contribution in [0.1, 0.15) is 19.4 Å². The van der Waals surface area contributed by atoms with Crippen molar-refractivity contribution in [1.82, 2.24) is 9.97 Å². The second kappa shape index (κ2) is 11.1. The number of aromatic nitrogens is 2. The molecule has 8 rings (SSSR count). The minimum absolute atomic E-state index is 0. The molecule has 0 unspecified atom stereocenters. The molecule has 201 valence electrons. The van der Waals surface area contributed by atoms with Crippen molar-refractivity contribution in [1.29, 1.82) is 0 Å². The van der Waals surface area contributed by atoms with Gasteiger partial charge in [-0.3, -0.25) is 0 Å². The number of aryl methyl sites for hydroxylation is 2. The summed E-state index contributed by atoms with van der Waals surface area (Å²) in [6, 6.07) is 37.0. The molecule has 0 atom stereocenters. The first-order valence-electron chi connectivity index (χ1n) is 15.7. The summed E-state index contributed by atoms with van der Waals surface area (Å²) in [5.74, 6) is 0. The van der Waals surface area contributed by atoms with Gasteiger partial charge in [-0.25, -0.2) is 0 Å². The van der Waals surface area contributed by atoms with Gasteiger partial charge in [-0.2, -0.15) is 0 Å². The average molecular weight is 715 g/mol. The zero-order valence-electron chi connectivity index (χ0n) is 27.4. The largest absolute Gasteiger partial charge is 0.500 e. The smallest absolute Gasteiger partial charge is 0.124 e. The van der Waals surface area contributed by atoms with Crippen LogP contribution >= 0.6 is 0 Å². The summed E-state index contributed by atoms with van der Waals surface area (Å²) in [6.07, 6.45) is 2.94. The SMILES string of the molecule is [2H]C([2H])([2H])c1cnc(-c2[c-]cc3oc4cccc5oc2c3c45)cc1C([2H])([2H])[2H].[Ir].[c-]1ccccc1-c1cc(-c2ccccc2)ccn1. The van der Waals surface area contributed by atoms with Gasteiger partial charge in [0.15, 0.2) is 0 Å². The van der Waals surface area contributed by atoms with E-state index in [0.29, 0.717) is 27.9 Å². The van der Waals surface area contributed by atoms with Gasteiger partial charge in [-0.1, -0.05) is 59.7 Å². The first-order chi connectivity index (χ1) is 22.1. The van der Waals surface area contributed by atoms with Crippen LogP contribution in [0.5, 0.6) is 0 Å². The van der Waals surface area contributed by atoms with Crippen LogP contribution in [0, 0.1) is 25.8 Å². The maximum Gasteiger partial charge on any atom is 0.124 e. The molecule has 0 aliphatic heterocycles. The van der Waals surface area contributed by atoms with Crippen LogP contribution in [0.15, 0.2) is 118 Å². The van der Waals surface area contributed by atoms with Crippen LogP contribution in [0.25, 0.3) is 66.7 Å². The van der Waals surface area contributed by atoms with Crippen molar-refractivity contribution >= 4 is 33.1 Å². The zero-order valence-corrected chi connectivity index (χ0v) is 23.8. The minimum atomic E-state index is -2.60. The van der Waals surface area contributed by atoms with Crippen molar-refractivity contribution in [2.45, 2.75) is 13.7 Å². The van der Waals surface area contributed by atoms with Crippen molar-refractivity contribution in [3.63, 3.8) is 0 Å². The maximum atomic E-state index is 7.75. The molecule has 41 heavy (non-hydrogen) atoms. The van der Waals surface area contributed by atoms with Crippen LogP contribution in [0.2, 0.25) is 0 Å². The molecule has 4 heterocycles. The van der Waals surface area contributed by atoms with Crippen molar-refractivity contribution in [3.05, 3.63) is 133 Å². The Kier molecular flexibility index (Phi) is 5.52. The predicted octanol–water partition coefficient (Wildman–Crippen LogP) is 9.46. The Morgan fingerprint density at radius 3 is 2.32 bits per heavy atom. The third kappa shape index (κ3) is 4.95. The van der Waals surface area contributed by atoms with E-state index in [1.165, 1.54) is 17.2 Å². The molecule has 1 radical (unpaired) electrons. The molecule has 4 aromatic heterocycles. The van der Waals surface area contributed by atoms with E-state index in [-0.39, 0.29) is 36.9 Å². The number of benzene rings is 4. The molecule has 5 heteroatoms. The zero-order chi connectivity index (χ0) is 32.1. The second-order valence-electron chi connectivity index (χ2n) is 9.25. The van der Waals surface area contributed by atoms with E-state index in [9.17, 15) is 0 Å². The summed E-state index contributed by atoms with van der Waals surface area (Å²) in [7, 11) is 0. The van der Waals surface area contributed by atoms with Crippen molar-refractivity contribution in [2.75, 3.05) is 0 Å².